The zero-order chi connectivity index (χ0) is 16.3. The van der Waals surface area contributed by atoms with E-state index in [1.54, 1.807) is 14.2 Å². The Hall–Kier alpha value is -3.00. The van der Waals surface area contributed by atoms with Crippen LogP contribution in [0, 0.1) is 0 Å². The van der Waals surface area contributed by atoms with Crippen LogP contribution in [0.4, 0.5) is 0 Å². The first-order valence-corrected chi connectivity index (χ1v) is 8.03. The zero-order valence-electron chi connectivity index (χ0n) is 13.6. The molecule has 0 heterocycles. The Bertz CT molecular complexity index is 1220. The van der Waals surface area contributed by atoms with E-state index in [1.165, 1.54) is 37.7 Å². The number of rotatable bonds is 2. The lowest BCUT2D eigenvalue weighted by Crippen LogP contribution is -1.94. The molecule has 0 aromatic heterocycles. The summed E-state index contributed by atoms with van der Waals surface area (Å²) in [6, 6.07) is 21.6. The van der Waals surface area contributed by atoms with Crippen molar-refractivity contribution in [3.8, 4) is 11.5 Å². The number of hydrogen-bond acceptors (Lipinski definition) is 2. The van der Waals surface area contributed by atoms with E-state index in [0.29, 0.717) is 0 Å². The van der Waals surface area contributed by atoms with Gasteiger partial charge in [0.25, 0.3) is 0 Å². The lowest BCUT2D eigenvalue weighted by molar-refractivity contribution is 0.359. The van der Waals surface area contributed by atoms with Gasteiger partial charge < -0.3 is 9.47 Å². The predicted molar refractivity (Wildman–Crippen MR) is 101 cm³/mol. The van der Waals surface area contributed by atoms with Gasteiger partial charge in [0.1, 0.15) is 0 Å². The fourth-order valence-corrected chi connectivity index (χ4v) is 3.94. The number of benzene rings is 5. The second-order valence-corrected chi connectivity index (χ2v) is 6.13. The molecular formula is C22H16O2. The highest BCUT2D eigenvalue weighted by Gasteiger charge is 2.16. The SMILES string of the molecule is COc1cc2ccc3cc4ccccc4c4ccc(c1OC)c2c34. The molecule has 0 N–H and O–H groups in total. The summed E-state index contributed by atoms with van der Waals surface area (Å²) in [4.78, 5) is 0. The third-order valence-electron chi connectivity index (χ3n) is 4.97. The molecule has 2 nitrogen and oxygen atoms in total. The Morgan fingerprint density at radius 2 is 1.29 bits per heavy atom. The van der Waals surface area contributed by atoms with Crippen LogP contribution in [0.2, 0.25) is 0 Å². The molecule has 0 unspecified atom stereocenters. The van der Waals surface area contributed by atoms with Crippen molar-refractivity contribution >= 4 is 43.1 Å². The molecule has 0 fully saturated rings. The molecule has 5 aromatic rings. The van der Waals surface area contributed by atoms with Gasteiger partial charge in [-0.25, -0.2) is 0 Å². The lowest BCUT2D eigenvalue weighted by atomic mass is 9.90. The minimum absolute atomic E-state index is 0.772. The van der Waals surface area contributed by atoms with Crippen LogP contribution in [-0.4, -0.2) is 14.2 Å². The predicted octanol–water partition coefficient (Wildman–Crippen LogP) is 5.75. The Labute approximate surface area is 139 Å². The standard InChI is InChI=1S/C22H16O2/c1-23-19-12-15-8-7-14-11-13-5-3-4-6-16(13)17-9-10-18(22(19)24-2)21(15)20(14)17/h3-12H,1-2H3. The number of methoxy groups -OCH3 is 2. The smallest absolute Gasteiger partial charge is 0.168 e. The normalized spacial score (nSPS) is 11.8. The summed E-state index contributed by atoms with van der Waals surface area (Å²) in [5.41, 5.74) is 0. The van der Waals surface area contributed by atoms with Crippen LogP contribution in [-0.2, 0) is 0 Å². The Morgan fingerprint density at radius 3 is 2.08 bits per heavy atom. The van der Waals surface area contributed by atoms with Crippen molar-refractivity contribution in [3.63, 3.8) is 0 Å². The van der Waals surface area contributed by atoms with E-state index in [2.05, 4.69) is 60.7 Å². The van der Waals surface area contributed by atoms with Crippen LogP contribution >= 0.6 is 0 Å². The number of ether oxygens (including phenoxy) is 2. The molecule has 5 rings (SSSR count). The highest BCUT2D eigenvalue weighted by Crippen LogP contribution is 2.45. The van der Waals surface area contributed by atoms with Gasteiger partial charge in [0.15, 0.2) is 11.5 Å². The van der Waals surface area contributed by atoms with Crippen LogP contribution in [0.1, 0.15) is 0 Å². The molecule has 5 aromatic carbocycles. The van der Waals surface area contributed by atoms with Crippen molar-refractivity contribution in [2.24, 2.45) is 0 Å². The average Bonchev–Trinajstić information content (AvgIpc) is 2.64. The minimum Gasteiger partial charge on any atom is -0.493 e. The molecule has 0 atom stereocenters. The summed E-state index contributed by atoms with van der Waals surface area (Å²) in [6.07, 6.45) is 0. The Balaban J connectivity index is 2.11. The summed E-state index contributed by atoms with van der Waals surface area (Å²) in [5, 5.41) is 9.92. The van der Waals surface area contributed by atoms with E-state index in [9.17, 15) is 0 Å². The number of hydrogen-bond donors (Lipinski definition) is 0. The number of fused-ring (bicyclic) bond motifs is 2. The molecule has 0 amide bonds. The highest BCUT2D eigenvalue weighted by molar-refractivity contribution is 6.30. The first-order chi connectivity index (χ1) is 11.8. The summed E-state index contributed by atoms with van der Waals surface area (Å²) < 4.78 is 11.2. The molecule has 0 saturated carbocycles. The van der Waals surface area contributed by atoms with Crippen LogP contribution in [0.3, 0.4) is 0 Å². The van der Waals surface area contributed by atoms with E-state index in [-0.39, 0.29) is 0 Å². The fourth-order valence-electron chi connectivity index (χ4n) is 3.94. The average molecular weight is 312 g/mol. The minimum atomic E-state index is 0.772. The van der Waals surface area contributed by atoms with Crippen molar-refractivity contribution < 1.29 is 9.47 Å². The van der Waals surface area contributed by atoms with E-state index in [0.717, 1.165) is 16.9 Å². The maximum Gasteiger partial charge on any atom is 0.168 e. The van der Waals surface area contributed by atoms with Gasteiger partial charge in [0.2, 0.25) is 0 Å². The summed E-state index contributed by atoms with van der Waals surface area (Å²) >= 11 is 0. The molecule has 0 saturated heterocycles. The van der Waals surface area contributed by atoms with Crippen molar-refractivity contribution in [2.45, 2.75) is 0 Å². The third-order valence-corrected chi connectivity index (χ3v) is 4.97. The zero-order valence-corrected chi connectivity index (χ0v) is 13.6. The van der Waals surface area contributed by atoms with Gasteiger partial charge in [0, 0.05) is 10.8 Å². The second-order valence-electron chi connectivity index (χ2n) is 6.13. The molecule has 0 aliphatic carbocycles. The van der Waals surface area contributed by atoms with Gasteiger partial charge in [-0.3, -0.25) is 0 Å². The first kappa shape index (κ1) is 13.4. The monoisotopic (exact) mass is 312 g/mol. The van der Waals surface area contributed by atoms with Gasteiger partial charge in [-0.05, 0) is 50.5 Å². The molecule has 24 heavy (non-hydrogen) atoms. The molecule has 116 valence electrons. The largest absolute Gasteiger partial charge is 0.493 e. The van der Waals surface area contributed by atoms with Gasteiger partial charge in [0.05, 0.1) is 14.2 Å². The van der Waals surface area contributed by atoms with E-state index in [1.807, 2.05) is 0 Å². The van der Waals surface area contributed by atoms with Gasteiger partial charge in [-0.15, -0.1) is 0 Å². The van der Waals surface area contributed by atoms with Crippen LogP contribution in [0.25, 0.3) is 43.1 Å². The highest BCUT2D eigenvalue weighted by atomic mass is 16.5. The van der Waals surface area contributed by atoms with Crippen molar-refractivity contribution in [1.82, 2.24) is 0 Å². The quantitative estimate of drug-likeness (QED) is 0.305. The van der Waals surface area contributed by atoms with Crippen LogP contribution in [0.15, 0.2) is 60.7 Å². The molecular weight excluding hydrogens is 296 g/mol. The van der Waals surface area contributed by atoms with Crippen molar-refractivity contribution in [3.05, 3.63) is 60.7 Å². The fraction of sp³-hybridized carbons (Fsp3) is 0.0909. The first-order valence-electron chi connectivity index (χ1n) is 8.03. The molecule has 0 radical (unpaired) electrons. The van der Waals surface area contributed by atoms with Gasteiger partial charge in [-0.2, -0.15) is 0 Å². The molecule has 0 aliphatic heterocycles. The van der Waals surface area contributed by atoms with E-state index < -0.39 is 0 Å². The maximum absolute atomic E-state index is 5.66. The molecule has 0 spiro atoms. The van der Waals surface area contributed by atoms with Gasteiger partial charge >= 0.3 is 0 Å². The third kappa shape index (κ3) is 1.60. The summed E-state index contributed by atoms with van der Waals surface area (Å²) in [7, 11) is 3.38. The summed E-state index contributed by atoms with van der Waals surface area (Å²) in [6.45, 7) is 0. The lowest BCUT2D eigenvalue weighted by Gasteiger charge is -2.17. The van der Waals surface area contributed by atoms with Gasteiger partial charge in [-0.1, -0.05) is 42.5 Å². The van der Waals surface area contributed by atoms with Crippen molar-refractivity contribution in [2.75, 3.05) is 14.2 Å². The molecule has 0 aliphatic rings. The van der Waals surface area contributed by atoms with Crippen LogP contribution in [0.5, 0.6) is 11.5 Å². The maximum atomic E-state index is 5.66. The Morgan fingerprint density at radius 1 is 0.583 bits per heavy atom. The summed E-state index contributed by atoms with van der Waals surface area (Å²) in [5.74, 6) is 1.57. The van der Waals surface area contributed by atoms with Crippen molar-refractivity contribution in [1.29, 1.82) is 0 Å². The van der Waals surface area contributed by atoms with Crippen LogP contribution < -0.4 is 9.47 Å². The Kier molecular flexibility index (Phi) is 2.66. The van der Waals surface area contributed by atoms with E-state index in [4.69, 9.17) is 9.47 Å². The van der Waals surface area contributed by atoms with E-state index >= 15 is 0 Å². The molecule has 2 heteroatoms. The second kappa shape index (κ2) is 4.75. The molecule has 0 bridgehead atoms. The topological polar surface area (TPSA) is 18.5 Å².